The fourth-order valence-corrected chi connectivity index (χ4v) is 1.12. The highest BCUT2D eigenvalue weighted by molar-refractivity contribution is 5.24. The molecule has 0 saturated heterocycles. The van der Waals surface area contributed by atoms with Gasteiger partial charge in [0, 0.05) is 0 Å². The Morgan fingerprint density at radius 1 is 1.23 bits per heavy atom. The van der Waals surface area contributed by atoms with E-state index in [9.17, 15) is 8.78 Å². The molecule has 0 fully saturated rings. The van der Waals surface area contributed by atoms with Gasteiger partial charge in [0.2, 0.25) is 0 Å². The molecular formula is C8H11F2N3. The Morgan fingerprint density at radius 2 is 1.62 bits per heavy atom. The molecule has 0 bridgehead atoms. The summed E-state index contributed by atoms with van der Waals surface area (Å²) in [5.74, 6) is 0. The Bertz CT molecular complexity index is 221. The summed E-state index contributed by atoms with van der Waals surface area (Å²) in [7, 11) is 0. The van der Waals surface area contributed by atoms with Gasteiger partial charge in [0.1, 0.15) is 12.1 Å². The highest BCUT2D eigenvalue weighted by Crippen LogP contribution is 2.22. The van der Waals surface area contributed by atoms with E-state index >= 15 is 0 Å². The molecule has 0 aromatic carbocycles. The van der Waals surface area contributed by atoms with Crippen LogP contribution in [0.1, 0.15) is 13.8 Å². The van der Waals surface area contributed by atoms with E-state index in [1.807, 2.05) is 0 Å². The zero-order valence-corrected chi connectivity index (χ0v) is 7.59. The van der Waals surface area contributed by atoms with Crippen molar-refractivity contribution < 1.29 is 8.78 Å². The Morgan fingerprint density at radius 3 is 1.69 bits per heavy atom. The van der Waals surface area contributed by atoms with Crippen molar-refractivity contribution in [3.63, 3.8) is 0 Å². The molecule has 0 aromatic rings. The third-order valence-electron chi connectivity index (χ3n) is 1.92. The van der Waals surface area contributed by atoms with Gasteiger partial charge in [0.15, 0.2) is 0 Å². The van der Waals surface area contributed by atoms with Gasteiger partial charge in [-0.25, -0.2) is 8.78 Å². The number of alkyl halides is 2. The topological polar surface area (TPSA) is 50.8 Å². The first-order chi connectivity index (χ1) is 6.08. The van der Waals surface area contributed by atoms with E-state index in [1.54, 1.807) is 13.8 Å². The van der Waals surface area contributed by atoms with Crippen molar-refractivity contribution in [1.82, 2.24) is 4.90 Å². The van der Waals surface area contributed by atoms with Crippen molar-refractivity contribution in [1.29, 1.82) is 10.5 Å². The summed E-state index contributed by atoms with van der Waals surface area (Å²) in [4.78, 5) is 1.15. The third kappa shape index (κ3) is 1.93. The normalized spacial score (nSPS) is 11.4. The molecule has 0 aromatic heterocycles. The van der Waals surface area contributed by atoms with Crippen LogP contribution in [0.25, 0.3) is 0 Å². The maximum atomic E-state index is 12.5. The molecule has 13 heavy (non-hydrogen) atoms. The summed E-state index contributed by atoms with van der Waals surface area (Å²) >= 11 is 0. The average Bonchev–Trinajstić information content (AvgIpc) is 2.13. The van der Waals surface area contributed by atoms with Gasteiger partial charge in [-0.15, -0.1) is 0 Å². The zero-order valence-electron chi connectivity index (χ0n) is 7.59. The number of hydrogen-bond donors (Lipinski definition) is 0. The van der Waals surface area contributed by atoms with E-state index in [0.717, 1.165) is 4.90 Å². The first kappa shape index (κ1) is 11.8. The van der Waals surface area contributed by atoms with Gasteiger partial charge < -0.3 is 0 Å². The van der Waals surface area contributed by atoms with Gasteiger partial charge in [-0.2, -0.15) is 10.5 Å². The van der Waals surface area contributed by atoms with Crippen molar-refractivity contribution in [2.24, 2.45) is 0 Å². The van der Waals surface area contributed by atoms with Crippen molar-refractivity contribution in [2.75, 3.05) is 13.1 Å². The maximum absolute atomic E-state index is 12.5. The van der Waals surface area contributed by atoms with Crippen LogP contribution < -0.4 is 0 Å². The fourth-order valence-electron chi connectivity index (χ4n) is 1.12. The number of rotatable bonds is 4. The Balaban J connectivity index is 5.01. The summed E-state index contributed by atoms with van der Waals surface area (Å²) < 4.78 is 25.0. The molecule has 0 saturated carbocycles. The number of hydrogen-bond acceptors (Lipinski definition) is 3. The van der Waals surface area contributed by atoms with Crippen LogP contribution >= 0.6 is 0 Å². The lowest BCUT2D eigenvalue weighted by Gasteiger charge is -2.30. The average molecular weight is 187 g/mol. The minimum absolute atomic E-state index is 0.252. The van der Waals surface area contributed by atoms with Crippen LogP contribution in [0.5, 0.6) is 0 Å². The van der Waals surface area contributed by atoms with E-state index in [0.29, 0.717) is 0 Å². The predicted molar refractivity (Wildman–Crippen MR) is 42.9 cm³/mol. The van der Waals surface area contributed by atoms with Crippen LogP contribution in [0.2, 0.25) is 0 Å². The molecule has 0 aliphatic rings. The zero-order chi connectivity index (χ0) is 10.5. The van der Waals surface area contributed by atoms with Gasteiger partial charge in [-0.1, -0.05) is 13.8 Å². The molecule has 0 spiro atoms. The summed E-state index contributed by atoms with van der Waals surface area (Å²) in [5.41, 5.74) is -2.29. The summed E-state index contributed by atoms with van der Waals surface area (Å²) in [6.45, 7) is 3.77. The van der Waals surface area contributed by atoms with E-state index < -0.39 is 12.0 Å². The second-order valence-corrected chi connectivity index (χ2v) is 2.46. The van der Waals surface area contributed by atoms with E-state index in [4.69, 9.17) is 10.5 Å². The monoisotopic (exact) mass is 187 g/mol. The van der Waals surface area contributed by atoms with E-state index in [-0.39, 0.29) is 13.1 Å². The molecule has 0 heterocycles. The lowest BCUT2D eigenvalue weighted by molar-refractivity contribution is 0.0179. The van der Waals surface area contributed by atoms with Crippen LogP contribution in [0.4, 0.5) is 8.78 Å². The second kappa shape index (κ2) is 4.74. The molecule has 0 aliphatic carbocycles. The van der Waals surface area contributed by atoms with Crippen LogP contribution in [-0.2, 0) is 0 Å². The molecule has 72 valence electrons. The number of nitriles is 2. The standard InChI is InChI=1S/C8H11F2N3/c1-3-13(4-2)8(5-11,6-12)7(9)10/h7H,3-4H2,1-2H3. The molecule has 3 nitrogen and oxygen atoms in total. The minimum Gasteiger partial charge on any atom is -0.269 e. The highest BCUT2D eigenvalue weighted by Gasteiger charge is 2.45. The molecular weight excluding hydrogens is 176 g/mol. The number of halogens is 2. The first-order valence-corrected chi connectivity index (χ1v) is 3.94. The quantitative estimate of drug-likeness (QED) is 0.668. The third-order valence-corrected chi connectivity index (χ3v) is 1.92. The Kier molecular flexibility index (Phi) is 4.30. The van der Waals surface area contributed by atoms with Crippen LogP contribution in [-0.4, -0.2) is 30.0 Å². The largest absolute Gasteiger partial charge is 0.283 e. The Labute approximate surface area is 76.2 Å². The van der Waals surface area contributed by atoms with E-state index in [1.165, 1.54) is 12.1 Å². The molecule has 0 atom stereocenters. The smallest absolute Gasteiger partial charge is 0.269 e. The molecule has 0 N–H and O–H groups in total. The van der Waals surface area contributed by atoms with Crippen LogP contribution in [0.3, 0.4) is 0 Å². The van der Waals surface area contributed by atoms with Gasteiger partial charge in [-0.05, 0) is 13.1 Å². The second-order valence-electron chi connectivity index (χ2n) is 2.46. The lowest BCUT2D eigenvalue weighted by atomic mass is 10.0. The van der Waals surface area contributed by atoms with Crippen molar-refractivity contribution >= 4 is 0 Å². The predicted octanol–water partition coefficient (Wildman–Crippen LogP) is 1.38. The fraction of sp³-hybridized carbons (Fsp3) is 0.750. The molecule has 0 amide bonds. The summed E-state index contributed by atoms with van der Waals surface area (Å²) in [5, 5.41) is 17.2. The van der Waals surface area contributed by atoms with Crippen LogP contribution in [0.15, 0.2) is 0 Å². The molecule has 0 unspecified atom stereocenters. The van der Waals surface area contributed by atoms with E-state index in [2.05, 4.69) is 0 Å². The van der Waals surface area contributed by atoms with Crippen molar-refractivity contribution in [3.05, 3.63) is 0 Å². The molecule has 0 rings (SSSR count). The van der Waals surface area contributed by atoms with Gasteiger partial charge in [0.05, 0.1) is 0 Å². The number of nitrogens with zero attached hydrogens (tertiary/aromatic N) is 3. The maximum Gasteiger partial charge on any atom is 0.283 e. The van der Waals surface area contributed by atoms with Gasteiger partial charge >= 0.3 is 0 Å². The van der Waals surface area contributed by atoms with Crippen LogP contribution in [0, 0.1) is 22.7 Å². The highest BCUT2D eigenvalue weighted by atomic mass is 19.3. The van der Waals surface area contributed by atoms with Crippen molar-refractivity contribution in [3.8, 4) is 12.1 Å². The summed E-state index contributed by atoms with van der Waals surface area (Å²) in [6, 6.07) is 2.76. The first-order valence-electron chi connectivity index (χ1n) is 3.94. The Hall–Kier alpha value is -1.20. The van der Waals surface area contributed by atoms with Gasteiger partial charge in [-0.3, -0.25) is 4.90 Å². The van der Waals surface area contributed by atoms with Gasteiger partial charge in [0.25, 0.3) is 12.0 Å². The SMILES string of the molecule is CCN(CC)C(C#N)(C#N)C(F)F. The molecule has 0 radical (unpaired) electrons. The molecule has 5 heteroatoms. The minimum atomic E-state index is -2.97. The lowest BCUT2D eigenvalue weighted by Crippen LogP contribution is -2.51. The van der Waals surface area contributed by atoms with Crippen molar-refractivity contribution in [2.45, 2.75) is 25.8 Å². The summed E-state index contributed by atoms with van der Waals surface area (Å²) in [6.07, 6.45) is -2.97. The molecule has 0 aliphatic heterocycles.